The summed E-state index contributed by atoms with van der Waals surface area (Å²) < 4.78 is 8.99. The molecule has 1 amide bonds. The van der Waals surface area contributed by atoms with Crippen LogP contribution >= 0.6 is 0 Å². The molecule has 2 aromatic carbocycles. The fourth-order valence-electron chi connectivity index (χ4n) is 4.98. The van der Waals surface area contributed by atoms with E-state index in [1.165, 1.54) is 4.68 Å². The number of pyridine rings is 1. The molecule has 3 heterocycles. The maximum Gasteiger partial charge on any atom is 0.340 e. The Kier molecular flexibility index (Phi) is 6.86. The van der Waals surface area contributed by atoms with Crippen LogP contribution in [0.25, 0.3) is 16.6 Å². The van der Waals surface area contributed by atoms with Gasteiger partial charge in [-0.25, -0.2) is 9.48 Å². The minimum atomic E-state index is -1.07. The largest absolute Gasteiger partial charge is 0.449 e. The van der Waals surface area contributed by atoms with Crippen molar-refractivity contribution in [3.8, 4) is 5.69 Å². The Hall–Kier alpha value is -4.24. The normalized spacial score (nSPS) is 14.2. The third-order valence-corrected chi connectivity index (χ3v) is 7.16. The zero-order valence-electron chi connectivity index (χ0n) is 22.0. The van der Waals surface area contributed by atoms with Gasteiger partial charge in [0.2, 0.25) is 0 Å². The highest BCUT2D eigenvalue weighted by molar-refractivity contribution is 6.06. The number of fused-ring (bicyclic) bond motifs is 2. The Morgan fingerprint density at radius 1 is 1.08 bits per heavy atom. The summed E-state index contributed by atoms with van der Waals surface area (Å²) in [4.78, 5) is 47.1. The molecule has 38 heavy (non-hydrogen) atoms. The topological polar surface area (TPSA) is 98.5 Å². The molecule has 0 spiro atoms. The number of nitrogens with zero attached hydrogens (tertiary/aromatic N) is 4. The Morgan fingerprint density at radius 3 is 2.53 bits per heavy atom. The molecule has 0 aliphatic carbocycles. The number of anilines is 1. The molecule has 0 saturated carbocycles. The van der Waals surface area contributed by atoms with Gasteiger partial charge in [-0.3, -0.25) is 19.3 Å². The van der Waals surface area contributed by atoms with E-state index in [1.54, 1.807) is 25.6 Å². The molecule has 0 bridgehead atoms. The number of esters is 1. The van der Waals surface area contributed by atoms with Gasteiger partial charge < -0.3 is 15.0 Å². The number of hydrogen-bond acceptors (Lipinski definition) is 6. The summed E-state index contributed by atoms with van der Waals surface area (Å²) in [5.74, 6) is -1.11. The van der Waals surface area contributed by atoms with Crippen LogP contribution in [0.1, 0.15) is 40.7 Å². The lowest BCUT2D eigenvalue weighted by Gasteiger charge is -2.27. The molecule has 196 valence electrons. The number of likely N-dealkylation sites (N-methyl/N-ethyl adjacent to an activating group) is 1. The average molecular weight is 514 g/mol. The maximum atomic E-state index is 13.6. The number of para-hydroxylation sites is 2. The second kappa shape index (κ2) is 10.3. The molecule has 1 unspecified atom stereocenters. The van der Waals surface area contributed by atoms with Crippen molar-refractivity contribution in [1.29, 1.82) is 0 Å². The Labute approximate surface area is 220 Å². The Bertz CT molecular complexity index is 1590. The highest BCUT2D eigenvalue weighted by atomic mass is 16.5. The van der Waals surface area contributed by atoms with Crippen LogP contribution < -0.4 is 10.9 Å². The Morgan fingerprint density at radius 2 is 1.79 bits per heavy atom. The van der Waals surface area contributed by atoms with E-state index in [1.807, 2.05) is 61.6 Å². The van der Waals surface area contributed by atoms with Crippen LogP contribution in [-0.4, -0.2) is 50.8 Å². The lowest BCUT2D eigenvalue weighted by atomic mass is 9.96. The van der Waals surface area contributed by atoms with E-state index in [9.17, 15) is 14.4 Å². The summed E-state index contributed by atoms with van der Waals surface area (Å²) in [6.45, 7) is 4.95. The summed E-state index contributed by atoms with van der Waals surface area (Å²) in [6, 6.07) is 16.7. The van der Waals surface area contributed by atoms with E-state index in [0.29, 0.717) is 28.9 Å². The number of nitrogens with one attached hydrogen (secondary N) is 1. The fourth-order valence-corrected chi connectivity index (χ4v) is 4.98. The van der Waals surface area contributed by atoms with E-state index >= 15 is 0 Å². The molecule has 1 N–H and O–H groups in total. The molecule has 4 aromatic rings. The number of benzene rings is 2. The van der Waals surface area contributed by atoms with Crippen molar-refractivity contribution in [1.82, 2.24) is 19.2 Å². The smallest absolute Gasteiger partial charge is 0.340 e. The number of hydrogen-bond donors (Lipinski definition) is 1. The molecule has 9 heteroatoms. The predicted octanol–water partition coefficient (Wildman–Crippen LogP) is 3.59. The van der Waals surface area contributed by atoms with Gasteiger partial charge in [0.1, 0.15) is 5.69 Å². The van der Waals surface area contributed by atoms with Gasteiger partial charge in [-0.2, -0.15) is 0 Å². The van der Waals surface area contributed by atoms with Crippen LogP contribution in [-0.2, 0) is 29.5 Å². The number of carbonyl (C=O) groups is 2. The van der Waals surface area contributed by atoms with E-state index in [2.05, 4.69) is 10.2 Å². The van der Waals surface area contributed by atoms with Crippen molar-refractivity contribution in [2.75, 3.05) is 18.9 Å². The lowest BCUT2D eigenvalue weighted by Crippen LogP contribution is -2.35. The highest BCUT2D eigenvalue weighted by Crippen LogP contribution is 2.29. The van der Waals surface area contributed by atoms with Crippen molar-refractivity contribution in [3.63, 3.8) is 0 Å². The SMILES string of the molecule is CCC(OC(=O)c1c2c(nc3ccccc13)CCN(C)C2)C(=O)Nc1c(C)n(C)n(-c2ccccc2)c1=O. The summed E-state index contributed by atoms with van der Waals surface area (Å²) in [6.07, 6.45) is -0.0903. The average Bonchev–Trinajstić information content (AvgIpc) is 3.13. The first kappa shape index (κ1) is 25.4. The molecular formula is C29H31N5O4. The van der Waals surface area contributed by atoms with Crippen molar-refractivity contribution < 1.29 is 14.3 Å². The van der Waals surface area contributed by atoms with Gasteiger partial charge >= 0.3 is 5.97 Å². The van der Waals surface area contributed by atoms with Crippen LogP contribution in [0.4, 0.5) is 5.69 Å². The van der Waals surface area contributed by atoms with Crippen molar-refractivity contribution in [2.45, 2.75) is 39.3 Å². The molecule has 2 aromatic heterocycles. The summed E-state index contributed by atoms with van der Waals surface area (Å²) in [5, 5.41) is 3.43. The van der Waals surface area contributed by atoms with Crippen molar-refractivity contribution in [3.05, 3.63) is 87.5 Å². The second-order valence-corrected chi connectivity index (χ2v) is 9.64. The summed E-state index contributed by atoms with van der Waals surface area (Å²) in [5.41, 5.74) is 3.96. The lowest BCUT2D eigenvalue weighted by molar-refractivity contribution is -0.124. The number of amides is 1. The van der Waals surface area contributed by atoms with Gasteiger partial charge in [0, 0.05) is 43.2 Å². The van der Waals surface area contributed by atoms with E-state index in [0.717, 1.165) is 29.7 Å². The third kappa shape index (κ3) is 4.50. The van der Waals surface area contributed by atoms with Gasteiger partial charge in [-0.05, 0) is 38.6 Å². The monoisotopic (exact) mass is 513 g/mol. The van der Waals surface area contributed by atoms with Crippen LogP contribution in [0.3, 0.4) is 0 Å². The first-order chi connectivity index (χ1) is 18.3. The van der Waals surface area contributed by atoms with Gasteiger partial charge in [0.15, 0.2) is 6.10 Å². The molecule has 1 aliphatic heterocycles. The molecule has 5 rings (SSSR count). The van der Waals surface area contributed by atoms with Gasteiger partial charge in [0.25, 0.3) is 11.5 Å². The van der Waals surface area contributed by atoms with E-state index in [-0.39, 0.29) is 17.7 Å². The molecule has 0 radical (unpaired) electrons. The first-order valence-corrected chi connectivity index (χ1v) is 12.7. The van der Waals surface area contributed by atoms with Gasteiger partial charge in [-0.1, -0.05) is 43.3 Å². The zero-order chi connectivity index (χ0) is 27.0. The van der Waals surface area contributed by atoms with Crippen LogP contribution in [0.2, 0.25) is 0 Å². The first-order valence-electron chi connectivity index (χ1n) is 12.7. The van der Waals surface area contributed by atoms with Crippen LogP contribution in [0.5, 0.6) is 0 Å². The molecule has 1 aliphatic rings. The maximum absolute atomic E-state index is 13.6. The number of ether oxygens (including phenoxy) is 1. The van der Waals surface area contributed by atoms with E-state index < -0.39 is 18.0 Å². The molecule has 0 saturated heterocycles. The molecule has 1 atom stereocenters. The second-order valence-electron chi connectivity index (χ2n) is 9.64. The highest BCUT2D eigenvalue weighted by Gasteiger charge is 2.30. The van der Waals surface area contributed by atoms with Crippen molar-refractivity contribution in [2.24, 2.45) is 7.05 Å². The molecule has 9 nitrogen and oxygen atoms in total. The van der Waals surface area contributed by atoms with Gasteiger partial charge in [0.05, 0.1) is 22.5 Å². The standard InChI is InChI=1S/C29H31N5O4/c1-5-24(27(35)31-26-18(2)33(4)34(28(26)36)19-11-7-6-8-12-19)38-29(37)25-20-13-9-10-14-22(20)30-23-15-16-32(3)17-21(23)25/h6-14,24H,5,15-17H2,1-4H3,(H,31,35). The van der Waals surface area contributed by atoms with Crippen LogP contribution in [0, 0.1) is 6.92 Å². The minimum Gasteiger partial charge on any atom is -0.449 e. The number of aromatic nitrogens is 3. The zero-order valence-corrected chi connectivity index (χ0v) is 22.0. The van der Waals surface area contributed by atoms with Crippen molar-refractivity contribution >= 4 is 28.5 Å². The minimum absolute atomic E-state index is 0.157. The van der Waals surface area contributed by atoms with Gasteiger partial charge in [-0.15, -0.1) is 0 Å². The Balaban J connectivity index is 1.44. The van der Waals surface area contributed by atoms with E-state index in [4.69, 9.17) is 9.72 Å². The molecular weight excluding hydrogens is 482 g/mol. The quantitative estimate of drug-likeness (QED) is 0.396. The molecule has 0 fully saturated rings. The summed E-state index contributed by atoms with van der Waals surface area (Å²) in [7, 11) is 3.76. The fraction of sp³-hybridized carbons (Fsp3) is 0.310. The predicted molar refractivity (Wildman–Crippen MR) is 146 cm³/mol. The number of rotatable bonds is 6. The van der Waals surface area contributed by atoms with Crippen LogP contribution in [0.15, 0.2) is 59.4 Å². The number of carbonyl (C=O) groups excluding carboxylic acids is 2. The third-order valence-electron chi connectivity index (χ3n) is 7.16. The summed E-state index contributed by atoms with van der Waals surface area (Å²) >= 11 is 0.